The topological polar surface area (TPSA) is 36.9 Å². The Bertz CT molecular complexity index is 3840. The van der Waals surface area contributed by atoms with Gasteiger partial charge in [-0.3, -0.25) is 0 Å². The molecule has 0 aliphatic heterocycles. The minimum atomic E-state index is -2.39. The number of aryl methyl sites for hydroxylation is 2. The van der Waals surface area contributed by atoms with Gasteiger partial charge in [-0.05, 0) is 41.1 Å². The first-order valence-corrected chi connectivity index (χ1v) is 24.3. The predicted octanol–water partition coefficient (Wildman–Crippen LogP) is 15.5. The summed E-state index contributed by atoms with van der Waals surface area (Å²) in [4.78, 5) is 4.96. The molecule has 0 radical (unpaired) electrons. The fourth-order valence-electron chi connectivity index (χ4n) is 10.2. The molecule has 3 heterocycles. The standard InChI is InChI=1S/C62H48N4O.Pt/c1-41-36-60(63-39-54(41)45-26-30-46(31-27-45)62(2,3)4)66-56-23-12-11-20-51(56)52-34-33-48(38-59(52)66)67-47-32-28-44-29-35-55(53(44)37-47)64-40-65(58-25-14-13-24-57(58)64)61-49(42-16-7-5-8-17-42)21-15-22-50(61)43-18-9-6-10-19-43;/h5-28,30-34,36,39,55H,29,35H2,1-4H3;/q-2;/i1D3;. The first-order valence-electron chi connectivity index (χ1n) is 24.6. The van der Waals surface area contributed by atoms with Crippen molar-refractivity contribution in [3.8, 4) is 56.4 Å². The van der Waals surface area contributed by atoms with Crippen molar-refractivity contribution in [2.45, 2.75) is 51.9 Å². The molecule has 8 aromatic carbocycles. The fraction of sp³-hybridized carbons (Fsp3) is 0.129. The first-order chi connectivity index (χ1) is 34.4. The van der Waals surface area contributed by atoms with Gasteiger partial charge in [-0.15, -0.1) is 0 Å². The van der Waals surface area contributed by atoms with Gasteiger partial charge in [0.25, 0.3) is 0 Å². The Kier molecular flexibility index (Phi) is 9.55. The summed E-state index contributed by atoms with van der Waals surface area (Å²) in [7, 11) is 0. The number of nitrogens with zero attached hydrogens (tertiary/aromatic N) is 4. The number of fused-ring (bicyclic) bond motifs is 5. The van der Waals surface area contributed by atoms with Gasteiger partial charge in [0, 0.05) is 15.9 Å². The summed E-state index contributed by atoms with van der Waals surface area (Å²) in [5.41, 5.74) is 14.8. The number of hydrogen-bond donors (Lipinski definition) is 0. The molecule has 0 saturated carbocycles. The van der Waals surface area contributed by atoms with E-state index in [9.17, 15) is 0 Å². The maximum atomic E-state index is 8.67. The quantitative estimate of drug-likeness (QED) is 0.142. The first kappa shape index (κ1) is 38.7. The van der Waals surface area contributed by atoms with Crippen molar-refractivity contribution < 1.29 is 28.2 Å². The molecule has 0 spiro atoms. The van der Waals surface area contributed by atoms with Crippen LogP contribution in [0, 0.1) is 22.8 Å². The molecule has 11 aromatic rings. The minimum absolute atomic E-state index is 0.00291. The zero-order chi connectivity index (χ0) is 48.6. The van der Waals surface area contributed by atoms with Crippen LogP contribution < -0.4 is 4.74 Å². The second-order valence-electron chi connectivity index (χ2n) is 18.6. The molecule has 0 N–H and O–H groups in total. The second kappa shape index (κ2) is 16.8. The van der Waals surface area contributed by atoms with Crippen LogP contribution in [-0.4, -0.2) is 18.7 Å². The van der Waals surface area contributed by atoms with Crippen LogP contribution in [0.1, 0.15) is 59.6 Å². The molecule has 1 aliphatic carbocycles. The number of pyridine rings is 1. The summed E-state index contributed by atoms with van der Waals surface area (Å²) in [5, 5.41) is 1.96. The third kappa shape index (κ3) is 7.20. The predicted molar refractivity (Wildman–Crippen MR) is 273 cm³/mol. The van der Waals surface area contributed by atoms with E-state index in [4.69, 9.17) is 13.8 Å². The average Bonchev–Trinajstić information content (AvgIpc) is 4.04. The minimum Gasteiger partial charge on any atom is -0.238 e. The van der Waals surface area contributed by atoms with E-state index in [1.54, 1.807) is 12.3 Å². The summed E-state index contributed by atoms with van der Waals surface area (Å²) in [6.45, 7) is 4.11. The molecule has 334 valence electrons. The fourth-order valence-corrected chi connectivity index (χ4v) is 11.3. The number of ether oxygens (including phenoxy) is 1. The van der Waals surface area contributed by atoms with Crippen molar-refractivity contribution in [1.29, 1.82) is 0 Å². The zero-order valence-electron chi connectivity index (χ0n) is 40.9. The summed E-state index contributed by atoms with van der Waals surface area (Å²) in [5.74, 6) is 1.61. The van der Waals surface area contributed by atoms with E-state index >= 15 is 0 Å². The van der Waals surface area contributed by atoms with Gasteiger partial charge in [-0.1, -0.05) is 63.2 Å². The van der Waals surface area contributed by atoms with Crippen molar-refractivity contribution >= 4 is 32.8 Å². The van der Waals surface area contributed by atoms with Crippen LogP contribution in [0.25, 0.3) is 77.7 Å². The summed E-state index contributed by atoms with van der Waals surface area (Å²) < 4.78 is 40.8. The zero-order valence-corrected chi connectivity index (χ0v) is 40.2. The Balaban J connectivity index is 0.943. The molecular formula is C62H48N4OPt-2. The van der Waals surface area contributed by atoms with Gasteiger partial charge < -0.3 is 0 Å². The Hall–Kier alpha value is -7.33. The molecule has 0 fully saturated rings. The van der Waals surface area contributed by atoms with Crippen molar-refractivity contribution in [3.63, 3.8) is 0 Å². The molecule has 1 atom stereocenters. The van der Waals surface area contributed by atoms with Gasteiger partial charge in [-0.2, -0.15) is 0 Å². The van der Waals surface area contributed by atoms with E-state index in [1.807, 2.05) is 47.0 Å². The molecular weight excluding hydrogens is 1010 g/mol. The Morgan fingerprint density at radius 2 is 1.25 bits per heavy atom. The molecule has 12 rings (SSSR count). The summed E-state index contributed by atoms with van der Waals surface area (Å²) >= 11 is 2.53. The number of para-hydroxylation sites is 4. The van der Waals surface area contributed by atoms with Crippen LogP contribution in [-0.2, 0) is 31.2 Å². The Labute approximate surface area is 412 Å². The second-order valence-corrected chi connectivity index (χ2v) is 19.7. The summed E-state index contributed by atoms with van der Waals surface area (Å²) in [6, 6.07) is 70.2. The van der Waals surface area contributed by atoms with Crippen molar-refractivity contribution in [2.24, 2.45) is 0 Å². The smallest absolute Gasteiger partial charge is 0.238 e. The van der Waals surface area contributed by atoms with E-state index in [0.717, 1.165) is 88.6 Å². The monoisotopic (exact) mass is 1060 g/mol. The molecule has 1 aliphatic rings. The van der Waals surface area contributed by atoms with Gasteiger partial charge in [0.1, 0.15) is 0 Å². The summed E-state index contributed by atoms with van der Waals surface area (Å²) in [6.07, 6.45) is 3.53. The number of benzene rings is 8. The number of aromatic nitrogens is 4. The third-order valence-corrected chi connectivity index (χ3v) is 14.6. The van der Waals surface area contributed by atoms with E-state index in [-0.39, 0.29) is 17.0 Å². The molecule has 68 heavy (non-hydrogen) atoms. The number of hydrogen-bond acceptors (Lipinski definition) is 2. The molecule has 5 nitrogen and oxygen atoms in total. The molecule has 1 unspecified atom stereocenters. The molecule has 0 amide bonds. The van der Waals surface area contributed by atoms with Crippen LogP contribution >= 0.6 is 0 Å². The maximum absolute atomic E-state index is 8.67. The van der Waals surface area contributed by atoms with Crippen LogP contribution in [0.5, 0.6) is 11.5 Å². The van der Waals surface area contributed by atoms with Gasteiger partial charge in [0.15, 0.2) is 0 Å². The number of rotatable bonds is 8. The van der Waals surface area contributed by atoms with E-state index in [0.29, 0.717) is 22.9 Å². The Morgan fingerprint density at radius 1 is 0.618 bits per heavy atom. The van der Waals surface area contributed by atoms with Gasteiger partial charge >= 0.3 is 289 Å². The van der Waals surface area contributed by atoms with Gasteiger partial charge in [-0.25, -0.2) is 4.98 Å². The van der Waals surface area contributed by atoms with Crippen LogP contribution in [0.15, 0.2) is 188 Å². The normalized spacial score (nSPS) is 14.5. The Morgan fingerprint density at radius 3 is 1.96 bits per heavy atom. The molecule has 0 bridgehead atoms. The molecule has 0 saturated heterocycles. The van der Waals surface area contributed by atoms with E-state index < -0.39 is 6.85 Å². The third-order valence-electron chi connectivity index (χ3n) is 13.5. The van der Waals surface area contributed by atoms with Gasteiger partial charge in [0.2, 0.25) is 0 Å². The van der Waals surface area contributed by atoms with Crippen LogP contribution in [0.3, 0.4) is 0 Å². The van der Waals surface area contributed by atoms with E-state index in [1.165, 1.54) is 11.1 Å². The van der Waals surface area contributed by atoms with Gasteiger partial charge in [0.05, 0.1) is 0 Å². The van der Waals surface area contributed by atoms with Crippen molar-refractivity contribution in [1.82, 2.24) is 18.7 Å². The number of imidazole rings is 1. The van der Waals surface area contributed by atoms with E-state index in [2.05, 4.69) is 195 Å². The van der Waals surface area contributed by atoms with Crippen LogP contribution in [0.4, 0.5) is 0 Å². The molecule has 6 heteroatoms. The van der Waals surface area contributed by atoms with Crippen LogP contribution in [0.2, 0.25) is 0 Å². The molecule has 3 aromatic heterocycles. The average molecular weight is 1060 g/mol. The SMILES string of the molecule is [2H]C([2H])([2H])c1cc(-n2c3[c-]c(Oc4[c-]c5c(cc4)CCC5n4[c](=[Pt])n(-c5c(-c6ccccc6)cccc5-c5ccccc5)c5ccccc54)ccc3c3ccccc32)ncc1-c1ccc(C(C)(C)C)cc1. The van der Waals surface area contributed by atoms with Crippen molar-refractivity contribution in [2.75, 3.05) is 0 Å². The van der Waals surface area contributed by atoms with Crippen molar-refractivity contribution in [3.05, 3.63) is 226 Å².